The van der Waals surface area contributed by atoms with Crippen LogP contribution in [-0.2, 0) is 30.4 Å². The fourth-order valence-corrected chi connectivity index (χ4v) is 6.29. The Hall–Kier alpha value is -2.71. The Bertz CT molecular complexity index is 953. The third-order valence-corrected chi connectivity index (χ3v) is 7.78. The number of carbonyl (C=O) groups excluding carboxylic acids is 3. The van der Waals surface area contributed by atoms with E-state index in [4.69, 9.17) is 14.6 Å². The van der Waals surface area contributed by atoms with Gasteiger partial charge in [0.05, 0.1) is 24.5 Å². The van der Waals surface area contributed by atoms with Crippen molar-refractivity contribution in [1.29, 1.82) is 0 Å². The van der Waals surface area contributed by atoms with Gasteiger partial charge in [-0.3, -0.25) is 14.4 Å². The molecule has 1 aromatic carbocycles. The minimum atomic E-state index is -1.02. The summed E-state index contributed by atoms with van der Waals surface area (Å²) >= 11 is 0. The number of aliphatic hydroxyl groups excluding tert-OH is 1. The molecule has 0 aromatic heterocycles. The van der Waals surface area contributed by atoms with Gasteiger partial charge in [0.1, 0.15) is 11.6 Å². The van der Waals surface area contributed by atoms with Gasteiger partial charge in [0, 0.05) is 26.2 Å². The molecule has 1 aromatic rings. The van der Waals surface area contributed by atoms with Crippen LogP contribution in [0.1, 0.15) is 51.0 Å². The summed E-state index contributed by atoms with van der Waals surface area (Å²) in [6.45, 7) is 7.12. The molecule has 2 bridgehead atoms. The molecule has 36 heavy (non-hydrogen) atoms. The highest BCUT2D eigenvalue weighted by Crippen LogP contribution is 2.58. The van der Waals surface area contributed by atoms with Gasteiger partial charge in [-0.2, -0.15) is 0 Å². The molecule has 0 unspecified atom stereocenters. The number of unbranched alkanes of at least 4 members (excludes halogenated alkanes) is 3. The largest absolute Gasteiger partial charge is 0.466 e. The Morgan fingerprint density at radius 3 is 2.69 bits per heavy atom. The number of ether oxygens (including phenoxy) is 2. The van der Waals surface area contributed by atoms with Crippen LogP contribution in [0.2, 0.25) is 0 Å². The van der Waals surface area contributed by atoms with Gasteiger partial charge in [-0.05, 0) is 38.2 Å². The Labute approximate surface area is 213 Å². The number of rotatable bonds is 13. The first-order chi connectivity index (χ1) is 17.5. The summed E-state index contributed by atoms with van der Waals surface area (Å²) < 4.78 is 11.8. The number of hydrogen-bond acceptors (Lipinski definition) is 6. The second-order valence-corrected chi connectivity index (χ2v) is 9.97. The molecule has 3 heterocycles. The summed E-state index contributed by atoms with van der Waals surface area (Å²) in [7, 11) is 0. The number of esters is 1. The molecule has 3 aliphatic rings. The lowest BCUT2D eigenvalue weighted by Crippen LogP contribution is -2.56. The van der Waals surface area contributed by atoms with E-state index in [-0.39, 0.29) is 25.0 Å². The lowest BCUT2D eigenvalue weighted by Gasteiger charge is -2.37. The fraction of sp³-hybridized carbons (Fsp3) is 0.607. The molecule has 3 aliphatic heterocycles. The van der Waals surface area contributed by atoms with E-state index >= 15 is 0 Å². The molecule has 8 heteroatoms. The lowest BCUT2D eigenvalue weighted by atomic mass is 9.70. The van der Waals surface area contributed by atoms with Crippen LogP contribution in [0.15, 0.2) is 43.0 Å². The average Bonchev–Trinajstić information content (AvgIpc) is 3.51. The summed E-state index contributed by atoms with van der Waals surface area (Å²) in [5.41, 5.74) is -0.0278. The van der Waals surface area contributed by atoms with Crippen LogP contribution in [0.3, 0.4) is 0 Å². The van der Waals surface area contributed by atoms with E-state index in [1.54, 1.807) is 22.8 Å². The molecule has 1 N–H and O–H groups in total. The minimum absolute atomic E-state index is 0.140. The van der Waals surface area contributed by atoms with Gasteiger partial charge in [-0.15, -0.1) is 6.58 Å². The van der Waals surface area contributed by atoms with Crippen LogP contribution >= 0.6 is 0 Å². The molecule has 1 spiro atoms. The number of aliphatic hydroxyl groups is 1. The van der Waals surface area contributed by atoms with Crippen LogP contribution in [0, 0.1) is 11.8 Å². The third-order valence-electron chi connectivity index (χ3n) is 7.78. The van der Waals surface area contributed by atoms with Crippen molar-refractivity contribution in [2.24, 2.45) is 11.8 Å². The molecule has 196 valence electrons. The minimum Gasteiger partial charge on any atom is -0.466 e. The van der Waals surface area contributed by atoms with Crippen molar-refractivity contribution in [3.05, 3.63) is 48.6 Å². The summed E-state index contributed by atoms with van der Waals surface area (Å²) in [5.74, 6) is -2.15. The van der Waals surface area contributed by atoms with Crippen molar-refractivity contribution in [2.75, 3.05) is 26.3 Å². The molecule has 3 fully saturated rings. The predicted molar refractivity (Wildman–Crippen MR) is 134 cm³/mol. The van der Waals surface area contributed by atoms with Gasteiger partial charge in [-0.1, -0.05) is 49.2 Å². The molecular weight excluding hydrogens is 460 g/mol. The molecular formula is C28H38N2O6. The van der Waals surface area contributed by atoms with E-state index in [2.05, 4.69) is 6.58 Å². The van der Waals surface area contributed by atoms with E-state index in [0.29, 0.717) is 45.3 Å². The van der Waals surface area contributed by atoms with Crippen LogP contribution in [0.5, 0.6) is 0 Å². The highest BCUT2D eigenvalue weighted by molar-refractivity contribution is 5.98. The molecule has 0 aliphatic carbocycles. The summed E-state index contributed by atoms with van der Waals surface area (Å²) in [5, 5.41) is 9.09. The van der Waals surface area contributed by atoms with E-state index in [9.17, 15) is 14.4 Å². The van der Waals surface area contributed by atoms with Crippen molar-refractivity contribution in [3.8, 4) is 0 Å². The third kappa shape index (κ3) is 4.81. The molecule has 5 atom stereocenters. The maximum Gasteiger partial charge on any atom is 0.312 e. The number of amides is 2. The van der Waals surface area contributed by atoms with Gasteiger partial charge >= 0.3 is 5.97 Å². The lowest BCUT2D eigenvalue weighted by molar-refractivity contribution is -0.155. The van der Waals surface area contributed by atoms with Gasteiger partial charge in [0.15, 0.2) is 0 Å². The summed E-state index contributed by atoms with van der Waals surface area (Å²) in [6.07, 6.45) is 5.60. The van der Waals surface area contributed by atoms with Crippen molar-refractivity contribution >= 4 is 17.8 Å². The summed E-state index contributed by atoms with van der Waals surface area (Å²) in [6, 6.07) is 8.95. The smallest absolute Gasteiger partial charge is 0.312 e. The van der Waals surface area contributed by atoms with Crippen molar-refractivity contribution in [3.63, 3.8) is 0 Å². The number of benzene rings is 1. The zero-order chi connectivity index (χ0) is 25.7. The predicted octanol–water partition coefficient (Wildman–Crippen LogP) is 2.69. The zero-order valence-electron chi connectivity index (χ0n) is 21.1. The molecule has 3 saturated heterocycles. The molecule has 0 saturated carbocycles. The topological polar surface area (TPSA) is 96.4 Å². The monoisotopic (exact) mass is 498 g/mol. The fourth-order valence-electron chi connectivity index (χ4n) is 6.29. The Kier molecular flexibility index (Phi) is 8.46. The second-order valence-electron chi connectivity index (χ2n) is 9.97. The number of nitrogens with zero attached hydrogens (tertiary/aromatic N) is 2. The summed E-state index contributed by atoms with van der Waals surface area (Å²) in [4.78, 5) is 44.4. The van der Waals surface area contributed by atoms with Crippen molar-refractivity contribution in [1.82, 2.24) is 9.80 Å². The molecule has 8 nitrogen and oxygen atoms in total. The van der Waals surface area contributed by atoms with E-state index in [1.165, 1.54) is 0 Å². The Balaban J connectivity index is 1.64. The van der Waals surface area contributed by atoms with Crippen LogP contribution in [0.4, 0.5) is 0 Å². The normalized spacial score (nSPS) is 28.3. The van der Waals surface area contributed by atoms with E-state index in [0.717, 1.165) is 18.4 Å². The van der Waals surface area contributed by atoms with Crippen molar-refractivity contribution < 1.29 is 29.0 Å². The van der Waals surface area contributed by atoms with E-state index in [1.807, 2.05) is 30.3 Å². The first-order valence-electron chi connectivity index (χ1n) is 13.2. The standard InChI is InChI=1S/C28H38N2O6/c1-3-16-29(19-20-12-8-7-9-13-20)26(33)24-28-15-14-21(36-28)22(27(34)35-4-2)23(28)25(32)30(24)17-10-5-6-11-18-31/h3,7-9,12-13,21-24,31H,1,4-6,10-11,14-19H2,2H3/t21-,22+,23+,24-,28+/m1/s1. The maximum atomic E-state index is 14.2. The quantitative estimate of drug-likeness (QED) is 0.255. The van der Waals surface area contributed by atoms with Gasteiger partial charge in [0.25, 0.3) is 0 Å². The number of likely N-dealkylation sites (tertiary alicyclic amines) is 1. The first-order valence-corrected chi connectivity index (χ1v) is 13.2. The molecule has 4 rings (SSSR count). The second kappa shape index (κ2) is 11.6. The Morgan fingerprint density at radius 1 is 1.25 bits per heavy atom. The van der Waals surface area contributed by atoms with Gasteiger partial charge in [-0.25, -0.2) is 0 Å². The average molecular weight is 499 g/mol. The Morgan fingerprint density at radius 2 is 2.00 bits per heavy atom. The maximum absolute atomic E-state index is 14.2. The zero-order valence-corrected chi connectivity index (χ0v) is 21.1. The highest BCUT2D eigenvalue weighted by Gasteiger charge is 2.74. The van der Waals surface area contributed by atoms with Crippen LogP contribution in [-0.4, -0.2) is 76.7 Å². The van der Waals surface area contributed by atoms with Crippen LogP contribution in [0.25, 0.3) is 0 Å². The number of fused-ring (bicyclic) bond motifs is 1. The molecule has 2 amide bonds. The highest BCUT2D eigenvalue weighted by atomic mass is 16.6. The van der Waals surface area contributed by atoms with E-state index < -0.39 is 35.6 Å². The first kappa shape index (κ1) is 26.4. The SMILES string of the molecule is C=CCN(Cc1ccccc1)C(=O)[C@H]1N(CCCCCCO)C(=O)[C@@H]2[C@@H](C(=O)OCC)[C@H]3CC[C@]21O3. The number of hydrogen-bond donors (Lipinski definition) is 1. The van der Waals surface area contributed by atoms with Gasteiger partial charge < -0.3 is 24.4 Å². The molecule has 0 radical (unpaired) electrons. The van der Waals surface area contributed by atoms with Gasteiger partial charge in [0.2, 0.25) is 11.8 Å². The number of carbonyl (C=O) groups is 3. The van der Waals surface area contributed by atoms with Crippen molar-refractivity contribution in [2.45, 2.75) is 69.7 Å². The van der Waals surface area contributed by atoms with Crippen LogP contribution < -0.4 is 0 Å².